The molecule has 0 N–H and O–H groups in total. The summed E-state index contributed by atoms with van der Waals surface area (Å²) in [5.74, 6) is -0.750. The minimum absolute atomic E-state index is 0.0818. The smallest absolute Gasteiger partial charge is 0.167 e. The maximum absolute atomic E-state index is 13.2. The number of benzene rings is 2. The van der Waals surface area contributed by atoms with Crippen LogP contribution in [0.2, 0.25) is 0 Å². The SMILES string of the molecule is Cc1cc(F)cc(C)c1C(=O)Cc1ccc(F)cc1. The number of aryl methyl sites for hydroxylation is 2. The number of hydrogen-bond donors (Lipinski definition) is 0. The second-order valence-corrected chi connectivity index (χ2v) is 4.64. The number of rotatable bonds is 3. The molecule has 2 rings (SSSR count). The number of carbonyl (C=O) groups is 1. The molecule has 1 nitrogen and oxygen atoms in total. The lowest BCUT2D eigenvalue weighted by Gasteiger charge is -2.09. The van der Waals surface area contributed by atoms with Crippen molar-refractivity contribution in [3.05, 3.63) is 70.3 Å². The van der Waals surface area contributed by atoms with Gasteiger partial charge in [0.15, 0.2) is 5.78 Å². The van der Waals surface area contributed by atoms with E-state index in [0.717, 1.165) is 5.56 Å². The fourth-order valence-corrected chi connectivity index (χ4v) is 2.23. The summed E-state index contributed by atoms with van der Waals surface area (Å²) < 4.78 is 26.0. The highest BCUT2D eigenvalue weighted by molar-refractivity contribution is 6.00. The summed E-state index contributed by atoms with van der Waals surface area (Å²) in [5.41, 5.74) is 2.55. The first-order valence-corrected chi connectivity index (χ1v) is 6.02. The van der Waals surface area contributed by atoms with Crippen LogP contribution in [0.3, 0.4) is 0 Å². The first-order valence-electron chi connectivity index (χ1n) is 6.02. The highest BCUT2D eigenvalue weighted by atomic mass is 19.1. The zero-order valence-corrected chi connectivity index (χ0v) is 10.8. The van der Waals surface area contributed by atoms with Crippen molar-refractivity contribution in [3.8, 4) is 0 Å². The van der Waals surface area contributed by atoms with Crippen molar-refractivity contribution in [3.63, 3.8) is 0 Å². The first kappa shape index (κ1) is 13.4. The predicted octanol–water partition coefficient (Wildman–Crippen LogP) is 4.01. The second-order valence-electron chi connectivity index (χ2n) is 4.64. The molecule has 98 valence electrons. The van der Waals surface area contributed by atoms with Crippen LogP contribution in [-0.4, -0.2) is 5.78 Å². The van der Waals surface area contributed by atoms with E-state index in [2.05, 4.69) is 0 Å². The quantitative estimate of drug-likeness (QED) is 0.762. The number of halogens is 2. The molecular formula is C16H14F2O. The summed E-state index contributed by atoms with van der Waals surface area (Å²) in [5, 5.41) is 0. The van der Waals surface area contributed by atoms with E-state index in [4.69, 9.17) is 0 Å². The van der Waals surface area contributed by atoms with E-state index in [1.165, 1.54) is 24.3 Å². The number of hydrogen-bond acceptors (Lipinski definition) is 1. The monoisotopic (exact) mass is 260 g/mol. The van der Waals surface area contributed by atoms with Crippen LogP contribution in [0.5, 0.6) is 0 Å². The molecule has 0 unspecified atom stereocenters. The van der Waals surface area contributed by atoms with Crippen LogP contribution in [0.1, 0.15) is 27.0 Å². The topological polar surface area (TPSA) is 17.1 Å². The van der Waals surface area contributed by atoms with Crippen molar-refractivity contribution in [2.24, 2.45) is 0 Å². The molecule has 3 heteroatoms. The van der Waals surface area contributed by atoms with Crippen LogP contribution in [0.15, 0.2) is 36.4 Å². The molecule has 0 aromatic heterocycles. The Morgan fingerprint density at radius 3 is 2.00 bits per heavy atom. The Labute approximate surface area is 110 Å². The Hall–Kier alpha value is -2.03. The number of carbonyl (C=O) groups excluding carboxylic acids is 1. The molecule has 0 fully saturated rings. The van der Waals surface area contributed by atoms with Crippen LogP contribution in [-0.2, 0) is 6.42 Å². The van der Waals surface area contributed by atoms with Gasteiger partial charge in [-0.1, -0.05) is 12.1 Å². The Morgan fingerprint density at radius 2 is 1.47 bits per heavy atom. The minimum atomic E-state index is -0.340. The van der Waals surface area contributed by atoms with Gasteiger partial charge in [0, 0.05) is 12.0 Å². The van der Waals surface area contributed by atoms with Crippen molar-refractivity contribution in [2.45, 2.75) is 20.3 Å². The molecule has 0 heterocycles. The van der Waals surface area contributed by atoms with Gasteiger partial charge in [-0.25, -0.2) is 8.78 Å². The van der Waals surface area contributed by atoms with Gasteiger partial charge in [-0.05, 0) is 54.8 Å². The molecule has 0 aliphatic heterocycles. The summed E-state index contributed by atoms with van der Waals surface area (Å²) in [6, 6.07) is 8.53. The fourth-order valence-electron chi connectivity index (χ4n) is 2.23. The van der Waals surface area contributed by atoms with Crippen molar-refractivity contribution in [1.82, 2.24) is 0 Å². The van der Waals surface area contributed by atoms with Gasteiger partial charge in [0.25, 0.3) is 0 Å². The van der Waals surface area contributed by atoms with Gasteiger partial charge in [-0.3, -0.25) is 4.79 Å². The standard InChI is InChI=1S/C16H14F2O/c1-10-7-14(18)8-11(2)16(10)15(19)9-12-3-5-13(17)6-4-12/h3-8H,9H2,1-2H3. The van der Waals surface area contributed by atoms with Gasteiger partial charge in [0.2, 0.25) is 0 Å². The summed E-state index contributed by atoms with van der Waals surface area (Å²) in [7, 11) is 0. The van der Waals surface area contributed by atoms with E-state index < -0.39 is 0 Å². The molecule has 0 radical (unpaired) electrons. The molecule has 19 heavy (non-hydrogen) atoms. The van der Waals surface area contributed by atoms with Gasteiger partial charge >= 0.3 is 0 Å². The summed E-state index contributed by atoms with van der Waals surface area (Å²) >= 11 is 0. The third kappa shape index (κ3) is 3.05. The summed E-state index contributed by atoms with van der Waals surface area (Å²) in [6.07, 6.45) is 0.188. The van der Waals surface area contributed by atoms with Crippen LogP contribution in [0, 0.1) is 25.5 Å². The lowest BCUT2D eigenvalue weighted by Crippen LogP contribution is -2.08. The second kappa shape index (κ2) is 5.31. The van der Waals surface area contributed by atoms with Crippen LogP contribution in [0.25, 0.3) is 0 Å². The first-order chi connectivity index (χ1) is 8.97. The van der Waals surface area contributed by atoms with Gasteiger partial charge in [0.1, 0.15) is 11.6 Å². The van der Waals surface area contributed by atoms with Crippen molar-refractivity contribution < 1.29 is 13.6 Å². The molecule has 0 bridgehead atoms. The lowest BCUT2D eigenvalue weighted by molar-refractivity contribution is 0.0991. The maximum Gasteiger partial charge on any atom is 0.167 e. The highest BCUT2D eigenvalue weighted by Crippen LogP contribution is 2.18. The van der Waals surface area contributed by atoms with Gasteiger partial charge < -0.3 is 0 Å². The average Bonchev–Trinajstić information content (AvgIpc) is 2.30. The van der Waals surface area contributed by atoms with Gasteiger partial charge in [-0.2, -0.15) is 0 Å². The van der Waals surface area contributed by atoms with Crippen molar-refractivity contribution in [2.75, 3.05) is 0 Å². The summed E-state index contributed by atoms with van der Waals surface area (Å²) in [4.78, 5) is 12.2. The van der Waals surface area contributed by atoms with E-state index in [1.54, 1.807) is 26.0 Å². The van der Waals surface area contributed by atoms with Crippen LogP contribution in [0.4, 0.5) is 8.78 Å². The molecular weight excluding hydrogens is 246 g/mol. The average molecular weight is 260 g/mol. The Morgan fingerprint density at radius 1 is 0.947 bits per heavy atom. The molecule has 2 aromatic rings. The molecule has 0 saturated carbocycles. The van der Waals surface area contributed by atoms with Crippen molar-refractivity contribution in [1.29, 1.82) is 0 Å². The van der Waals surface area contributed by atoms with Gasteiger partial charge in [0.05, 0.1) is 0 Å². The molecule has 0 saturated heterocycles. The number of ketones is 1. The lowest BCUT2D eigenvalue weighted by atomic mass is 9.95. The molecule has 0 atom stereocenters. The zero-order valence-electron chi connectivity index (χ0n) is 10.8. The molecule has 0 amide bonds. The summed E-state index contributed by atoms with van der Waals surface area (Å²) in [6.45, 7) is 3.43. The third-order valence-electron chi connectivity index (χ3n) is 3.05. The Bertz CT molecular complexity index is 592. The normalized spacial score (nSPS) is 10.5. The Balaban J connectivity index is 2.28. The molecule has 0 aliphatic rings. The number of Topliss-reactive ketones (excluding diaryl/α,β-unsaturated/α-hetero) is 1. The maximum atomic E-state index is 13.2. The fraction of sp³-hybridized carbons (Fsp3) is 0.188. The predicted molar refractivity (Wildman–Crippen MR) is 70.3 cm³/mol. The van der Waals surface area contributed by atoms with Crippen LogP contribution < -0.4 is 0 Å². The molecule has 2 aromatic carbocycles. The Kier molecular flexibility index (Phi) is 3.74. The van der Waals surface area contributed by atoms with Crippen molar-refractivity contribution >= 4 is 5.78 Å². The van der Waals surface area contributed by atoms with Crippen LogP contribution >= 0.6 is 0 Å². The van der Waals surface area contributed by atoms with E-state index >= 15 is 0 Å². The molecule has 0 aliphatic carbocycles. The largest absolute Gasteiger partial charge is 0.294 e. The van der Waals surface area contributed by atoms with E-state index in [9.17, 15) is 13.6 Å². The molecule has 0 spiro atoms. The zero-order chi connectivity index (χ0) is 14.0. The minimum Gasteiger partial charge on any atom is -0.294 e. The van der Waals surface area contributed by atoms with E-state index in [1.807, 2.05) is 0 Å². The van der Waals surface area contributed by atoms with Gasteiger partial charge in [-0.15, -0.1) is 0 Å². The van der Waals surface area contributed by atoms with E-state index in [-0.39, 0.29) is 23.8 Å². The highest BCUT2D eigenvalue weighted by Gasteiger charge is 2.14. The van der Waals surface area contributed by atoms with E-state index in [0.29, 0.717) is 16.7 Å². The third-order valence-corrected chi connectivity index (χ3v) is 3.05.